The molecule has 98 valence electrons. The molecule has 1 aromatic carbocycles. The number of hydrogen-bond donors (Lipinski definition) is 1. The highest BCUT2D eigenvalue weighted by Gasteiger charge is 2.06. The zero-order valence-corrected chi connectivity index (χ0v) is 11.4. The fourth-order valence-electron chi connectivity index (χ4n) is 1.75. The smallest absolute Gasteiger partial charge is 0.257 e. The monoisotopic (exact) mass is 274 g/mol. The van der Waals surface area contributed by atoms with E-state index in [1.54, 1.807) is 12.4 Å². The molecule has 0 saturated heterocycles. The molecule has 0 aliphatic heterocycles. The van der Waals surface area contributed by atoms with E-state index in [4.69, 9.17) is 11.6 Å². The largest absolute Gasteiger partial charge is 0.322 e. The number of nitrogens with one attached hydrogen (secondary N) is 1. The molecule has 0 saturated carbocycles. The summed E-state index contributed by atoms with van der Waals surface area (Å²) >= 11 is 5.68. The molecular formula is C15H15ClN2O. The minimum atomic E-state index is -0.152. The van der Waals surface area contributed by atoms with Crippen LogP contribution in [0.2, 0.25) is 0 Å². The minimum Gasteiger partial charge on any atom is -0.322 e. The molecule has 0 aliphatic rings. The van der Waals surface area contributed by atoms with E-state index in [0.29, 0.717) is 11.4 Å². The van der Waals surface area contributed by atoms with Crippen molar-refractivity contribution < 1.29 is 4.79 Å². The summed E-state index contributed by atoms with van der Waals surface area (Å²) in [5.74, 6) is 0.446. The van der Waals surface area contributed by atoms with Gasteiger partial charge in [0.1, 0.15) is 0 Å². The van der Waals surface area contributed by atoms with Gasteiger partial charge in [-0.3, -0.25) is 9.78 Å². The average molecular weight is 275 g/mol. The van der Waals surface area contributed by atoms with Crippen LogP contribution in [0.3, 0.4) is 0 Å². The Kier molecular flexibility index (Phi) is 4.53. The number of nitrogens with zero attached hydrogens (tertiary/aromatic N) is 1. The van der Waals surface area contributed by atoms with E-state index >= 15 is 0 Å². The lowest BCUT2D eigenvalue weighted by Crippen LogP contribution is -2.12. The van der Waals surface area contributed by atoms with Gasteiger partial charge in [0.05, 0.1) is 5.56 Å². The maximum atomic E-state index is 12.0. The van der Waals surface area contributed by atoms with Crippen molar-refractivity contribution in [2.45, 2.75) is 13.3 Å². The number of carbonyl (C=O) groups excluding carboxylic acids is 1. The molecular weight excluding hydrogens is 260 g/mol. The fourth-order valence-corrected chi connectivity index (χ4v) is 1.96. The summed E-state index contributed by atoms with van der Waals surface area (Å²) in [6.45, 7) is 1.91. The number of benzene rings is 1. The van der Waals surface area contributed by atoms with Gasteiger partial charge in [-0.05, 0) is 42.7 Å². The van der Waals surface area contributed by atoms with Crippen LogP contribution in [0.25, 0.3) is 0 Å². The van der Waals surface area contributed by atoms with Crippen LogP contribution in [0.5, 0.6) is 0 Å². The quantitative estimate of drug-likeness (QED) is 0.868. The normalized spacial score (nSPS) is 10.2. The van der Waals surface area contributed by atoms with Crippen molar-refractivity contribution in [3.63, 3.8) is 0 Å². The van der Waals surface area contributed by atoms with Gasteiger partial charge in [-0.25, -0.2) is 0 Å². The number of carbonyl (C=O) groups is 1. The molecule has 19 heavy (non-hydrogen) atoms. The van der Waals surface area contributed by atoms with Gasteiger partial charge in [-0.2, -0.15) is 0 Å². The second-order valence-corrected chi connectivity index (χ2v) is 4.72. The fraction of sp³-hybridized carbons (Fsp3) is 0.200. The first-order valence-corrected chi connectivity index (χ1v) is 6.60. The van der Waals surface area contributed by atoms with Crippen molar-refractivity contribution >= 4 is 23.2 Å². The predicted molar refractivity (Wildman–Crippen MR) is 77.8 cm³/mol. The van der Waals surface area contributed by atoms with Gasteiger partial charge in [-0.1, -0.05) is 12.1 Å². The van der Waals surface area contributed by atoms with Crippen LogP contribution in [-0.4, -0.2) is 16.8 Å². The number of aromatic nitrogens is 1. The summed E-state index contributed by atoms with van der Waals surface area (Å²) in [4.78, 5) is 16.0. The van der Waals surface area contributed by atoms with Crippen molar-refractivity contribution in [3.05, 3.63) is 59.4 Å². The number of aryl methyl sites for hydroxylation is 2. The zero-order chi connectivity index (χ0) is 13.7. The van der Waals surface area contributed by atoms with Gasteiger partial charge < -0.3 is 5.32 Å². The number of rotatable bonds is 4. The lowest BCUT2D eigenvalue weighted by Gasteiger charge is -2.06. The summed E-state index contributed by atoms with van der Waals surface area (Å²) < 4.78 is 0. The Hall–Kier alpha value is -1.87. The van der Waals surface area contributed by atoms with Gasteiger partial charge in [0.25, 0.3) is 5.91 Å². The maximum Gasteiger partial charge on any atom is 0.257 e. The SMILES string of the molecule is Cc1cncc(C(=O)Nc2ccc(CCCl)cc2)c1. The molecule has 0 spiro atoms. The zero-order valence-electron chi connectivity index (χ0n) is 10.7. The third-order valence-corrected chi connectivity index (χ3v) is 2.92. The van der Waals surface area contributed by atoms with Gasteiger partial charge in [-0.15, -0.1) is 11.6 Å². The Bertz CT molecular complexity index is 567. The number of amides is 1. The molecule has 1 aromatic heterocycles. The van der Waals surface area contributed by atoms with E-state index in [9.17, 15) is 4.79 Å². The van der Waals surface area contributed by atoms with Crippen molar-refractivity contribution in [1.29, 1.82) is 0 Å². The summed E-state index contributed by atoms with van der Waals surface area (Å²) in [6, 6.07) is 9.50. The Morgan fingerprint density at radius 3 is 2.63 bits per heavy atom. The maximum absolute atomic E-state index is 12.0. The number of pyridine rings is 1. The minimum absolute atomic E-state index is 0.152. The molecule has 3 nitrogen and oxygen atoms in total. The molecule has 1 N–H and O–H groups in total. The number of anilines is 1. The molecule has 1 heterocycles. The topological polar surface area (TPSA) is 42.0 Å². The van der Waals surface area contributed by atoms with E-state index in [1.807, 2.05) is 37.3 Å². The Labute approximate surface area is 117 Å². The molecule has 0 atom stereocenters. The number of halogens is 1. The van der Waals surface area contributed by atoms with Crippen molar-refractivity contribution in [2.75, 3.05) is 11.2 Å². The first kappa shape index (κ1) is 13.6. The molecule has 2 rings (SSSR count). The standard InChI is InChI=1S/C15H15ClN2O/c1-11-8-13(10-17-9-11)15(19)18-14-4-2-12(3-5-14)6-7-16/h2-5,8-10H,6-7H2,1H3,(H,18,19). The Morgan fingerprint density at radius 1 is 1.26 bits per heavy atom. The molecule has 2 aromatic rings. The van der Waals surface area contributed by atoms with Crippen LogP contribution >= 0.6 is 11.6 Å². The van der Waals surface area contributed by atoms with Gasteiger partial charge >= 0.3 is 0 Å². The third kappa shape index (κ3) is 3.80. The first-order valence-electron chi connectivity index (χ1n) is 6.07. The van der Waals surface area contributed by atoms with E-state index in [2.05, 4.69) is 10.3 Å². The second-order valence-electron chi connectivity index (χ2n) is 4.34. The van der Waals surface area contributed by atoms with E-state index in [1.165, 1.54) is 0 Å². The lowest BCUT2D eigenvalue weighted by molar-refractivity contribution is 0.102. The van der Waals surface area contributed by atoms with Crippen molar-refractivity contribution in [1.82, 2.24) is 4.98 Å². The first-order chi connectivity index (χ1) is 9.19. The summed E-state index contributed by atoms with van der Waals surface area (Å²) in [5, 5.41) is 2.84. The molecule has 4 heteroatoms. The van der Waals surface area contributed by atoms with Crippen molar-refractivity contribution in [2.24, 2.45) is 0 Å². The molecule has 0 radical (unpaired) electrons. The summed E-state index contributed by atoms with van der Waals surface area (Å²) in [6.07, 6.45) is 4.11. The molecule has 0 unspecified atom stereocenters. The van der Waals surface area contributed by atoms with E-state index in [-0.39, 0.29) is 5.91 Å². The second kappa shape index (κ2) is 6.34. The van der Waals surface area contributed by atoms with Crippen LogP contribution in [0.4, 0.5) is 5.69 Å². The van der Waals surface area contributed by atoms with Crippen LogP contribution < -0.4 is 5.32 Å². The highest BCUT2D eigenvalue weighted by molar-refractivity contribution is 6.18. The summed E-state index contributed by atoms with van der Waals surface area (Å²) in [7, 11) is 0. The lowest BCUT2D eigenvalue weighted by atomic mass is 10.1. The molecule has 0 bridgehead atoms. The van der Waals surface area contributed by atoms with Crippen molar-refractivity contribution in [3.8, 4) is 0 Å². The van der Waals surface area contributed by atoms with E-state index in [0.717, 1.165) is 23.2 Å². The molecule has 0 aliphatic carbocycles. The molecule has 1 amide bonds. The Morgan fingerprint density at radius 2 is 2.00 bits per heavy atom. The van der Waals surface area contributed by atoms with E-state index < -0.39 is 0 Å². The third-order valence-electron chi connectivity index (χ3n) is 2.73. The van der Waals surface area contributed by atoms with Crippen LogP contribution in [0.15, 0.2) is 42.7 Å². The van der Waals surface area contributed by atoms with Crippen LogP contribution in [-0.2, 0) is 6.42 Å². The van der Waals surface area contributed by atoms with Gasteiger partial charge in [0, 0.05) is 24.0 Å². The average Bonchev–Trinajstić information content (AvgIpc) is 2.41. The predicted octanol–water partition coefficient (Wildman–Crippen LogP) is 3.42. The van der Waals surface area contributed by atoms with Gasteiger partial charge in [0.2, 0.25) is 0 Å². The van der Waals surface area contributed by atoms with Crippen LogP contribution in [0.1, 0.15) is 21.5 Å². The highest BCUT2D eigenvalue weighted by Crippen LogP contribution is 2.12. The summed E-state index contributed by atoms with van der Waals surface area (Å²) in [5.41, 5.74) is 3.45. The van der Waals surface area contributed by atoms with Crippen LogP contribution in [0, 0.1) is 6.92 Å². The number of hydrogen-bond acceptors (Lipinski definition) is 2. The Balaban J connectivity index is 2.06. The highest BCUT2D eigenvalue weighted by atomic mass is 35.5. The van der Waals surface area contributed by atoms with Gasteiger partial charge in [0.15, 0.2) is 0 Å². The molecule has 0 fully saturated rings. The number of alkyl halides is 1.